The Bertz CT molecular complexity index is 710. The van der Waals surface area contributed by atoms with Gasteiger partial charge in [0.2, 0.25) is 0 Å². The van der Waals surface area contributed by atoms with Crippen LogP contribution in [0.15, 0.2) is 48.5 Å². The zero-order valence-electron chi connectivity index (χ0n) is 13.2. The molecule has 1 atom stereocenters. The zero-order valence-corrected chi connectivity index (χ0v) is 14.7. The molecule has 2 aromatic carbocycles. The molecule has 3 rings (SSSR count). The third kappa shape index (κ3) is 3.92. The number of likely N-dealkylation sites (tertiary alicyclic amines) is 1. The maximum atomic E-state index is 11.2. The van der Waals surface area contributed by atoms with Gasteiger partial charge < -0.3 is 5.11 Å². The molecule has 3 nitrogen and oxygen atoms in total. The molecule has 5 heteroatoms. The van der Waals surface area contributed by atoms with Gasteiger partial charge in [-0.2, -0.15) is 0 Å². The van der Waals surface area contributed by atoms with Crippen LogP contribution in [0.25, 0.3) is 0 Å². The van der Waals surface area contributed by atoms with E-state index in [0.29, 0.717) is 22.9 Å². The van der Waals surface area contributed by atoms with Gasteiger partial charge in [0.1, 0.15) is 0 Å². The highest BCUT2D eigenvalue weighted by Crippen LogP contribution is 2.34. The SMILES string of the molecule is O=C(O)C1CCN(C(c2ccc(Cl)cc2)c2cccc(Cl)c2)CC1. The van der Waals surface area contributed by atoms with Gasteiger partial charge in [-0.1, -0.05) is 47.5 Å². The van der Waals surface area contributed by atoms with E-state index < -0.39 is 5.97 Å². The molecule has 1 heterocycles. The van der Waals surface area contributed by atoms with Crippen molar-refractivity contribution < 1.29 is 9.90 Å². The van der Waals surface area contributed by atoms with Crippen LogP contribution in [0.4, 0.5) is 0 Å². The fourth-order valence-electron chi connectivity index (χ4n) is 3.34. The Morgan fingerprint density at radius 3 is 2.25 bits per heavy atom. The summed E-state index contributed by atoms with van der Waals surface area (Å²) in [4.78, 5) is 13.5. The van der Waals surface area contributed by atoms with Gasteiger partial charge >= 0.3 is 5.97 Å². The largest absolute Gasteiger partial charge is 0.481 e. The first-order chi connectivity index (χ1) is 11.5. The van der Waals surface area contributed by atoms with Gasteiger partial charge in [-0.05, 0) is 61.3 Å². The highest BCUT2D eigenvalue weighted by Gasteiger charge is 2.30. The van der Waals surface area contributed by atoms with Crippen molar-refractivity contribution in [2.24, 2.45) is 5.92 Å². The number of aliphatic carboxylic acids is 1. The van der Waals surface area contributed by atoms with Crippen molar-refractivity contribution >= 4 is 29.2 Å². The van der Waals surface area contributed by atoms with E-state index in [1.165, 1.54) is 0 Å². The number of carboxylic acid groups (broad SMARTS) is 1. The smallest absolute Gasteiger partial charge is 0.306 e. The Labute approximate surface area is 151 Å². The molecule has 1 fully saturated rings. The molecule has 1 N–H and O–H groups in total. The van der Waals surface area contributed by atoms with Crippen molar-refractivity contribution in [1.29, 1.82) is 0 Å². The van der Waals surface area contributed by atoms with E-state index >= 15 is 0 Å². The van der Waals surface area contributed by atoms with Crippen molar-refractivity contribution in [3.05, 3.63) is 69.7 Å². The number of carboxylic acids is 1. The predicted molar refractivity (Wildman–Crippen MR) is 96.7 cm³/mol. The molecule has 24 heavy (non-hydrogen) atoms. The second-order valence-electron chi connectivity index (χ2n) is 6.16. The van der Waals surface area contributed by atoms with Crippen LogP contribution in [-0.2, 0) is 4.79 Å². The van der Waals surface area contributed by atoms with Crippen LogP contribution in [0, 0.1) is 5.92 Å². The molecular formula is C19H19Cl2NO2. The molecule has 1 saturated heterocycles. The molecule has 0 aromatic heterocycles. The molecule has 126 valence electrons. The maximum Gasteiger partial charge on any atom is 0.306 e. The number of hydrogen-bond acceptors (Lipinski definition) is 2. The number of halogens is 2. The molecule has 0 amide bonds. The predicted octanol–water partition coefficient (Wildman–Crippen LogP) is 4.88. The fourth-order valence-corrected chi connectivity index (χ4v) is 3.67. The quantitative estimate of drug-likeness (QED) is 0.841. The third-order valence-corrected chi connectivity index (χ3v) is 5.08. The van der Waals surface area contributed by atoms with Crippen LogP contribution in [-0.4, -0.2) is 29.1 Å². The molecule has 0 bridgehead atoms. The molecule has 1 unspecified atom stereocenters. The van der Waals surface area contributed by atoms with Crippen LogP contribution in [0.1, 0.15) is 30.0 Å². The van der Waals surface area contributed by atoms with Crippen molar-refractivity contribution in [3.63, 3.8) is 0 Å². The summed E-state index contributed by atoms with van der Waals surface area (Å²) in [5.74, 6) is -0.938. The van der Waals surface area contributed by atoms with Crippen molar-refractivity contribution in [1.82, 2.24) is 4.90 Å². The molecular weight excluding hydrogens is 345 g/mol. The molecule has 0 radical (unpaired) electrons. The van der Waals surface area contributed by atoms with Gasteiger partial charge in [0.15, 0.2) is 0 Å². The van der Waals surface area contributed by atoms with E-state index in [1.807, 2.05) is 42.5 Å². The highest BCUT2D eigenvalue weighted by molar-refractivity contribution is 6.30. The normalized spacial score (nSPS) is 17.6. The lowest BCUT2D eigenvalue weighted by molar-refractivity contribution is -0.143. The number of nitrogens with zero attached hydrogens (tertiary/aromatic N) is 1. The van der Waals surface area contributed by atoms with Crippen LogP contribution in [0.2, 0.25) is 10.0 Å². The van der Waals surface area contributed by atoms with Gasteiger partial charge in [-0.25, -0.2) is 0 Å². The first-order valence-electron chi connectivity index (χ1n) is 8.02. The molecule has 0 spiro atoms. The maximum absolute atomic E-state index is 11.2. The van der Waals surface area contributed by atoms with E-state index in [-0.39, 0.29) is 12.0 Å². The summed E-state index contributed by atoms with van der Waals surface area (Å²) in [5.41, 5.74) is 2.24. The van der Waals surface area contributed by atoms with Gasteiger partial charge in [-0.15, -0.1) is 0 Å². The van der Waals surface area contributed by atoms with Crippen molar-refractivity contribution in [2.75, 3.05) is 13.1 Å². The second-order valence-corrected chi connectivity index (χ2v) is 7.03. The van der Waals surface area contributed by atoms with Crippen LogP contribution < -0.4 is 0 Å². The first-order valence-corrected chi connectivity index (χ1v) is 8.78. The molecule has 1 aliphatic rings. The zero-order chi connectivity index (χ0) is 17.1. The van der Waals surface area contributed by atoms with E-state index in [2.05, 4.69) is 11.0 Å². The lowest BCUT2D eigenvalue weighted by Crippen LogP contribution is -2.39. The molecule has 2 aromatic rings. The standard InChI is InChI=1S/C19H19Cl2NO2/c20-16-6-4-13(5-7-16)18(15-2-1-3-17(21)12-15)22-10-8-14(9-11-22)19(23)24/h1-7,12,14,18H,8-11H2,(H,23,24). The summed E-state index contributed by atoms with van der Waals surface area (Å²) in [6.45, 7) is 1.49. The molecule has 1 aliphatic heterocycles. The van der Waals surface area contributed by atoms with Gasteiger partial charge in [0.05, 0.1) is 12.0 Å². The second kappa shape index (κ2) is 7.56. The lowest BCUT2D eigenvalue weighted by Gasteiger charge is -2.37. The summed E-state index contributed by atoms with van der Waals surface area (Å²) in [6.07, 6.45) is 1.33. The molecule has 0 saturated carbocycles. The lowest BCUT2D eigenvalue weighted by atomic mass is 9.91. The average Bonchev–Trinajstić information content (AvgIpc) is 2.57. The number of benzene rings is 2. The van der Waals surface area contributed by atoms with E-state index in [0.717, 1.165) is 24.2 Å². The van der Waals surface area contributed by atoms with Crippen molar-refractivity contribution in [2.45, 2.75) is 18.9 Å². The average molecular weight is 364 g/mol. The first kappa shape index (κ1) is 17.3. The minimum atomic E-state index is -0.694. The number of piperidine rings is 1. The number of hydrogen-bond donors (Lipinski definition) is 1. The Balaban J connectivity index is 1.91. The topological polar surface area (TPSA) is 40.5 Å². The van der Waals surface area contributed by atoms with Crippen LogP contribution in [0.3, 0.4) is 0 Å². The fraction of sp³-hybridized carbons (Fsp3) is 0.316. The van der Waals surface area contributed by atoms with Crippen LogP contribution >= 0.6 is 23.2 Å². The summed E-state index contributed by atoms with van der Waals surface area (Å²) >= 11 is 12.2. The summed E-state index contributed by atoms with van der Waals surface area (Å²) in [6, 6.07) is 15.7. The van der Waals surface area contributed by atoms with Crippen LogP contribution in [0.5, 0.6) is 0 Å². The Morgan fingerprint density at radius 2 is 1.67 bits per heavy atom. The number of carbonyl (C=O) groups is 1. The monoisotopic (exact) mass is 363 g/mol. The van der Waals surface area contributed by atoms with Gasteiger partial charge in [0, 0.05) is 10.0 Å². The summed E-state index contributed by atoms with van der Waals surface area (Å²) in [7, 11) is 0. The Kier molecular flexibility index (Phi) is 5.44. The van der Waals surface area contributed by atoms with Gasteiger partial charge in [-0.3, -0.25) is 9.69 Å². The van der Waals surface area contributed by atoms with E-state index in [1.54, 1.807) is 0 Å². The minimum Gasteiger partial charge on any atom is -0.481 e. The van der Waals surface area contributed by atoms with E-state index in [4.69, 9.17) is 23.2 Å². The van der Waals surface area contributed by atoms with E-state index in [9.17, 15) is 9.90 Å². The Hall–Kier alpha value is -1.55. The van der Waals surface area contributed by atoms with Gasteiger partial charge in [0.25, 0.3) is 0 Å². The highest BCUT2D eigenvalue weighted by atomic mass is 35.5. The summed E-state index contributed by atoms with van der Waals surface area (Å²) < 4.78 is 0. The minimum absolute atomic E-state index is 0.0516. The number of rotatable bonds is 4. The summed E-state index contributed by atoms with van der Waals surface area (Å²) in [5, 5.41) is 10.6. The molecule has 0 aliphatic carbocycles. The Morgan fingerprint density at radius 1 is 1.00 bits per heavy atom. The third-order valence-electron chi connectivity index (χ3n) is 4.59. The van der Waals surface area contributed by atoms with Crippen molar-refractivity contribution in [3.8, 4) is 0 Å².